The third kappa shape index (κ3) is 6.24. The fourth-order valence-corrected chi connectivity index (χ4v) is 2.85. The van der Waals surface area contributed by atoms with Gasteiger partial charge in [0.25, 0.3) is 0 Å². The lowest BCUT2D eigenvalue weighted by Crippen LogP contribution is -2.51. The molecular weight excluding hydrogens is 234 g/mol. The minimum atomic E-state index is 0.620. The number of hydrogen-bond acceptors (Lipinski definition) is 3. The fourth-order valence-electron chi connectivity index (χ4n) is 2.85. The minimum Gasteiger partial charge on any atom is -0.315 e. The molecule has 1 heterocycles. The Morgan fingerprint density at radius 1 is 0.895 bits per heavy atom. The van der Waals surface area contributed by atoms with Gasteiger partial charge in [0.2, 0.25) is 0 Å². The van der Waals surface area contributed by atoms with Crippen molar-refractivity contribution in [1.29, 1.82) is 0 Å². The number of rotatable bonds is 8. The average Bonchev–Trinajstić information content (AvgIpc) is 2.42. The highest BCUT2D eigenvalue weighted by Gasteiger charge is 2.22. The molecule has 1 aliphatic heterocycles. The van der Waals surface area contributed by atoms with Gasteiger partial charge in [-0.05, 0) is 39.7 Å². The van der Waals surface area contributed by atoms with Crippen LogP contribution >= 0.6 is 0 Å². The number of piperazine rings is 1. The number of hydrogen-bond donors (Lipinski definition) is 1. The predicted octanol–water partition coefficient (Wildman–Crippen LogP) is 2.57. The third-order valence-electron chi connectivity index (χ3n) is 4.54. The molecule has 0 spiro atoms. The van der Waals surface area contributed by atoms with Gasteiger partial charge in [-0.15, -0.1) is 0 Å². The van der Waals surface area contributed by atoms with Gasteiger partial charge < -0.3 is 5.32 Å². The van der Waals surface area contributed by atoms with E-state index in [0.717, 1.165) is 18.6 Å². The molecule has 2 unspecified atom stereocenters. The van der Waals surface area contributed by atoms with Crippen molar-refractivity contribution in [3.05, 3.63) is 0 Å². The van der Waals surface area contributed by atoms with Gasteiger partial charge in [-0.2, -0.15) is 0 Å². The molecule has 0 saturated carbocycles. The van der Waals surface area contributed by atoms with Gasteiger partial charge in [0.15, 0.2) is 0 Å². The summed E-state index contributed by atoms with van der Waals surface area (Å²) in [5, 5.41) is 3.51. The van der Waals surface area contributed by atoms with Crippen molar-refractivity contribution in [1.82, 2.24) is 15.1 Å². The van der Waals surface area contributed by atoms with Gasteiger partial charge in [-0.3, -0.25) is 9.80 Å². The van der Waals surface area contributed by atoms with Crippen LogP contribution in [0.3, 0.4) is 0 Å². The largest absolute Gasteiger partial charge is 0.315 e. The second kappa shape index (κ2) is 8.93. The molecular formula is C16H35N3. The Morgan fingerprint density at radius 3 is 1.89 bits per heavy atom. The fraction of sp³-hybridized carbons (Fsp3) is 1.00. The van der Waals surface area contributed by atoms with Crippen molar-refractivity contribution in [3.63, 3.8) is 0 Å². The lowest BCUT2D eigenvalue weighted by molar-refractivity contribution is 0.0742. The van der Waals surface area contributed by atoms with Crippen LogP contribution in [0.25, 0.3) is 0 Å². The summed E-state index contributed by atoms with van der Waals surface area (Å²) in [4.78, 5) is 5.32. The van der Waals surface area contributed by atoms with Gasteiger partial charge in [-0.25, -0.2) is 0 Å². The Bertz CT molecular complexity index is 222. The first-order valence-electron chi connectivity index (χ1n) is 8.26. The zero-order chi connectivity index (χ0) is 14.3. The molecule has 0 aromatic heterocycles. The van der Waals surface area contributed by atoms with E-state index in [1.165, 1.54) is 45.4 Å². The van der Waals surface area contributed by atoms with Crippen molar-refractivity contribution in [3.8, 4) is 0 Å². The van der Waals surface area contributed by atoms with E-state index in [1.54, 1.807) is 0 Å². The molecule has 0 aliphatic carbocycles. The quantitative estimate of drug-likeness (QED) is 0.683. The maximum Gasteiger partial charge on any atom is 0.0113 e. The van der Waals surface area contributed by atoms with Crippen LogP contribution in [0.5, 0.6) is 0 Å². The maximum absolute atomic E-state index is 3.51. The predicted molar refractivity (Wildman–Crippen MR) is 84.7 cm³/mol. The SMILES string of the molecule is CCC(C)N1CCN(C(C)CCCNC(C)C)CC1. The molecule has 0 aromatic rings. The first kappa shape index (κ1) is 16.9. The van der Waals surface area contributed by atoms with Crippen molar-refractivity contribution >= 4 is 0 Å². The topological polar surface area (TPSA) is 18.5 Å². The molecule has 0 radical (unpaired) electrons. The first-order valence-corrected chi connectivity index (χ1v) is 8.26. The molecule has 1 aliphatic rings. The maximum atomic E-state index is 3.51. The van der Waals surface area contributed by atoms with Crippen LogP contribution in [-0.2, 0) is 0 Å². The van der Waals surface area contributed by atoms with Crippen LogP contribution in [0.1, 0.15) is 53.9 Å². The van der Waals surface area contributed by atoms with Crippen molar-refractivity contribution in [2.24, 2.45) is 0 Å². The molecule has 0 amide bonds. The summed E-state index contributed by atoms with van der Waals surface area (Å²) in [5.74, 6) is 0. The van der Waals surface area contributed by atoms with Crippen LogP contribution in [0.15, 0.2) is 0 Å². The Morgan fingerprint density at radius 2 is 1.42 bits per heavy atom. The van der Waals surface area contributed by atoms with Gasteiger partial charge >= 0.3 is 0 Å². The standard InChI is InChI=1S/C16H35N3/c1-6-15(4)18-10-12-19(13-11-18)16(5)8-7-9-17-14(2)3/h14-17H,6-13H2,1-5H3. The second-order valence-corrected chi connectivity index (χ2v) is 6.43. The monoisotopic (exact) mass is 269 g/mol. The summed E-state index contributed by atoms with van der Waals surface area (Å²) >= 11 is 0. The molecule has 3 nitrogen and oxygen atoms in total. The summed E-state index contributed by atoms with van der Waals surface area (Å²) in [6, 6.07) is 2.12. The molecule has 1 saturated heterocycles. The normalized spacial score (nSPS) is 21.8. The second-order valence-electron chi connectivity index (χ2n) is 6.43. The van der Waals surface area contributed by atoms with E-state index in [0.29, 0.717) is 6.04 Å². The molecule has 114 valence electrons. The van der Waals surface area contributed by atoms with Gasteiger partial charge in [0.1, 0.15) is 0 Å². The van der Waals surface area contributed by atoms with Crippen molar-refractivity contribution in [2.75, 3.05) is 32.7 Å². The van der Waals surface area contributed by atoms with Crippen LogP contribution in [0, 0.1) is 0 Å². The highest BCUT2D eigenvalue weighted by atomic mass is 15.3. The smallest absolute Gasteiger partial charge is 0.0113 e. The van der Waals surface area contributed by atoms with Gasteiger partial charge in [0, 0.05) is 44.3 Å². The van der Waals surface area contributed by atoms with E-state index in [2.05, 4.69) is 49.7 Å². The Hall–Kier alpha value is -0.120. The first-order chi connectivity index (χ1) is 9.04. The summed E-state index contributed by atoms with van der Waals surface area (Å²) in [7, 11) is 0. The van der Waals surface area contributed by atoms with E-state index in [9.17, 15) is 0 Å². The van der Waals surface area contributed by atoms with Crippen LogP contribution in [-0.4, -0.2) is 60.6 Å². The molecule has 19 heavy (non-hydrogen) atoms. The molecule has 2 atom stereocenters. The molecule has 0 bridgehead atoms. The van der Waals surface area contributed by atoms with Crippen molar-refractivity contribution in [2.45, 2.75) is 72.0 Å². The van der Waals surface area contributed by atoms with E-state index < -0.39 is 0 Å². The average molecular weight is 269 g/mol. The summed E-state index contributed by atoms with van der Waals surface area (Å²) < 4.78 is 0. The highest BCUT2D eigenvalue weighted by Crippen LogP contribution is 2.13. The molecule has 1 N–H and O–H groups in total. The van der Waals surface area contributed by atoms with E-state index in [1.807, 2.05) is 0 Å². The van der Waals surface area contributed by atoms with Crippen molar-refractivity contribution < 1.29 is 0 Å². The zero-order valence-electron chi connectivity index (χ0n) is 13.8. The molecule has 0 aromatic carbocycles. The lowest BCUT2D eigenvalue weighted by atomic mass is 10.1. The third-order valence-corrected chi connectivity index (χ3v) is 4.54. The molecule has 3 heteroatoms. The Kier molecular flexibility index (Phi) is 7.96. The van der Waals surface area contributed by atoms with Gasteiger partial charge in [-0.1, -0.05) is 20.8 Å². The number of nitrogens with one attached hydrogen (secondary N) is 1. The number of nitrogens with zero attached hydrogens (tertiary/aromatic N) is 2. The molecule has 1 rings (SSSR count). The van der Waals surface area contributed by atoms with Crippen LogP contribution < -0.4 is 5.32 Å². The minimum absolute atomic E-state index is 0.620. The van der Waals surface area contributed by atoms with E-state index >= 15 is 0 Å². The Balaban J connectivity index is 2.16. The van der Waals surface area contributed by atoms with Crippen LogP contribution in [0.4, 0.5) is 0 Å². The summed E-state index contributed by atoms with van der Waals surface area (Å²) in [6.07, 6.45) is 3.89. The lowest BCUT2D eigenvalue weighted by Gasteiger charge is -2.40. The van der Waals surface area contributed by atoms with E-state index in [-0.39, 0.29) is 0 Å². The van der Waals surface area contributed by atoms with Crippen LogP contribution in [0.2, 0.25) is 0 Å². The van der Waals surface area contributed by atoms with E-state index in [4.69, 9.17) is 0 Å². The molecule has 1 fully saturated rings. The van der Waals surface area contributed by atoms with Gasteiger partial charge in [0.05, 0.1) is 0 Å². The zero-order valence-corrected chi connectivity index (χ0v) is 13.8. The summed E-state index contributed by atoms with van der Waals surface area (Å²) in [6.45, 7) is 17.7. The summed E-state index contributed by atoms with van der Waals surface area (Å²) in [5.41, 5.74) is 0. The highest BCUT2D eigenvalue weighted by molar-refractivity contribution is 4.79. The Labute approximate surface area is 120 Å².